The van der Waals surface area contributed by atoms with Crippen LogP contribution in [0, 0.1) is 0 Å². The zero-order valence-electron chi connectivity index (χ0n) is 13.3. The zero-order chi connectivity index (χ0) is 19.8. The molecule has 0 radical (unpaired) electrons. The van der Waals surface area contributed by atoms with Crippen LogP contribution in [0.2, 0.25) is 0 Å². The minimum Gasteiger partial charge on any atom is -0.492 e. The van der Waals surface area contributed by atoms with Gasteiger partial charge in [0.1, 0.15) is 11.5 Å². The van der Waals surface area contributed by atoms with E-state index in [4.69, 9.17) is 9.47 Å². The minimum absolute atomic E-state index is 0.520. The van der Waals surface area contributed by atoms with Crippen LogP contribution in [0.15, 0.2) is 35.8 Å². The van der Waals surface area contributed by atoms with Gasteiger partial charge >= 0.3 is 0 Å². The van der Waals surface area contributed by atoms with Gasteiger partial charge in [0.25, 0.3) is 0 Å². The Bertz CT molecular complexity index is 795. The highest BCUT2D eigenvalue weighted by Gasteiger charge is 2.29. The van der Waals surface area contributed by atoms with Gasteiger partial charge in [-0.1, -0.05) is 0 Å². The van der Waals surface area contributed by atoms with Crippen molar-refractivity contribution in [2.75, 3.05) is 13.2 Å². The van der Waals surface area contributed by atoms with E-state index < -0.39 is 0 Å². The Morgan fingerprint density at radius 1 is 0.462 bits per heavy atom. The number of hydrogen-bond acceptors (Lipinski definition) is 2. The Morgan fingerprint density at radius 3 is 1.00 bits per heavy atom. The summed E-state index contributed by atoms with van der Waals surface area (Å²) in [6.45, 7) is 4.94. The van der Waals surface area contributed by atoms with Crippen LogP contribution in [0.1, 0.15) is 13.8 Å². The van der Waals surface area contributed by atoms with Gasteiger partial charge in [0.2, 0.25) is 0 Å². The van der Waals surface area contributed by atoms with Crippen molar-refractivity contribution >= 4 is 127 Å². The highest BCUT2D eigenvalue weighted by atomic mass is 79.9. The summed E-state index contributed by atoms with van der Waals surface area (Å²) in [5.41, 5.74) is 1.72. The number of ether oxygens (including phenoxy) is 2. The highest BCUT2D eigenvalue weighted by molar-refractivity contribution is 9.15. The van der Waals surface area contributed by atoms with E-state index in [9.17, 15) is 0 Å². The molecule has 2 aromatic rings. The first-order valence-corrected chi connectivity index (χ1v) is 13.5. The molecule has 0 aromatic heterocycles. The molecule has 0 N–H and O–H groups in total. The van der Waals surface area contributed by atoms with Crippen LogP contribution >= 0.6 is 127 Å². The van der Waals surface area contributed by atoms with E-state index in [1.54, 1.807) is 0 Å². The molecule has 0 aliphatic rings. The summed E-state index contributed by atoms with van der Waals surface area (Å²) < 4.78 is 18.8. The standard InChI is InChI=1S/C16H10Br8O2/c1-3-25-15-5(7(17)9(19)11(21)13(15)23)6-8(18)10(20)12(22)14(24)16(6)26-4-2/h3-4H2,1-2H3. The Morgan fingerprint density at radius 2 is 0.731 bits per heavy atom. The van der Waals surface area contributed by atoms with Crippen LogP contribution in [0.4, 0.5) is 0 Å². The minimum atomic E-state index is 0.520. The zero-order valence-corrected chi connectivity index (χ0v) is 25.9. The van der Waals surface area contributed by atoms with Crippen LogP contribution in [-0.4, -0.2) is 13.2 Å². The first-order chi connectivity index (χ1) is 12.2. The van der Waals surface area contributed by atoms with Crippen LogP contribution in [0.5, 0.6) is 11.5 Å². The number of rotatable bonds is 5. The fourth-order valence-electron chi connectivity index (χ4n) is 2.23. The molecule has 0 unspecified atom stereocenters. The fraction of sp³-hybridized carbons (Fsp3) is 0.250. The number of benzene rings is 2. The lowest BCUT2D eigenvalue weighted by molar-refractivity contribution is 0.333. The van der Waals surface area contributed by atoms with E-state index in [-0.39, 0.29) is 0 Å². The van der Waals surface area contributed by atoms with Crippen LogP contribution in [-0.2, 0) is 0 Å². The first kappa shape index (κ1) is 24.2. The molecule has 0 atom stereocenters. The van der Waals surface area contributed by atoms with E-state index in [0.29, 0.717) is 24.7 Å². The fourth-order valence-corrected chi connectivity index (χ4v) is 7.02. The van der Waals surface area contributed by atoms with Crippen molar-refractivity contribution in [2.24, 2.45) is 0 Å². The SMILES string of the molecule is CCOc1c(Br)c(Br)c(Br)c(Br)c1-c1c(Br)c(Br)c(Br)c(Br)c1OCC. The van der Waals surface area contributed by atoms with Gasteiger partial charge in [-0.3, -0.25) is 0 Å². The average molecular weight is 873 g/mol. The van der Waals surface area contributed by atoms with Gasteiger partial charge in [-0.05, 0) is 141 Å². The van der Waals surface area contributed by atoms with E-state index in [0.717, 1.165) is 46.9 Å². The van der Waals surface area contributed by atoms with Gasteiger partial charge in [-0.25, -0.2) is 0 Å². The average Bonchev–Trinajstić information content (AvgIpc) is 2.62. The molecule has 0 heterocycles. The molecule has 0 amide bonds. The second-order valence-electron chi connectivity index (χ2n) is 4.79. The molecule has 0 aliphatic heterocycles. The lowest BCUT2D eigenvalue weighted by atomic mass is 10.0. The van der Waals surface area contributed by atoms with E-state index in [1.165, 1.54) is 0 Å². The third kappa shape index (κ3) is 4.47. The molecule has 0 saturated heterocycles. The van der Waals surface area contributed by atoms with Crippen LogP contribution < -0.4 is 9.47 Å². The lowest BCUT2D eigenvalue weighted by Crippen LogP contribution is -2.02. The van der Waals surface area contributed by atoms with Crippen LogP contribution in [0.25, 0.3) is 11.1 Å². The Balaban J connectivity index is 3.06. The van der Waals surface area contributed by atoms with Crippen molar-refractivity contribution < 1.29 is 9.47 Å². The summed E-state index contributed by atoms with van der Waals surface area (Å²) in [5, 5.41) is 0. The molecule has 0 saturated carbocycles. The molecule has 2 aromatic carbocycles. The Labute approximate surface area is 219 Å². The maximum absolute atomic E-state index is 5.99. The molecule has 2 rings (SSSR count). The van der Waals surface area contributed by atoms with Gasteiger partial charge in [-0.15, -0.1) is 0 Å². The Hall–Kier alpha value is 1.88. The van der Waals surface area contributed by atoms with Gasteiger partial charge in [-0.2, -0.15) is 0 Å². The molecule has 10 heteroatoms. The second-order valence-corrected chi connectivity index (χ2v) is 11.1. The Kier molecular flexibility index (Phi) is 9.54. The van der Waals surface area contributed by atoms with Crippen LogP contribution in [0.3, 0.4) is 0 Å². The summed E-state index contributed by atoms with van der Waals surface area (Å²) in [7, 11) is 0. The van der Waals surface area contributed by atoms with Crippen molar-refractivity contribution in [3.05, 3.63) is 35.8 Å². The number of hydrogen-bond donors (Lipinski definition) is 0. The van der Waals surface area contributed by atoms with Gasteiger partial charge in [0.15, 0.2) is 0 Å². The number of halogens is 8. The topological polar surface area (TPSA) is 18.5 Å². The van der Waals surface area contributed by atoms with Crippen molar-refractivity contribution in [2.45, 2.75) is 13.8 Å². The van der Waals surface area contributed by atoms with Gasteiger partial charge in [0.05, 0.1) is 31.1 Å². The second kappa shape index (κ2) is 10.3. The van der Waals surface area contributed by atoms with E-state index >= 15 is 0 Å². The van der Waals surface area contributed by atoms with Crippen molar-refractivity contribution in [3.8, 4) is 22.6 Å². The molecule has 0 aliphatic carbocycles. The summed E-state index contributed by atoms with van der Waals surface area (Å²) in [5.74, 6) is 1.41. The molecule has 0 spiro atoms. The van der Waals surface area contributed by atoms with E-state index in [2.05, 4.69) is 127 Å². The summed E-state index contributed by atoms with van der Waals surface area (Å²) in [4.78, 5) is 0. The monoisotopic (exact) mass is 865 g/mol. The maximum atomic E-state index is 5.99. The van der Waals surface area contributed by atoms with Crippen molar-refractivity contribution in [3.63, 3.8) is 0 Å². The summed E-state index contributed by atoms with van der Waals surface area (Å²) in [6, 6.07) is 0. The highest BCUT2D eigenvalue weighted by Crippen LogP contribution is 2.57. The lowest BCUT2D eigenvalue weighted by Gasteiger charge is -2.22. The molecule has 0 fully saturated rings. The molecular formula is C16H10Br8O2. The summed E-state index contributed by atoms with van der Waals surface area (Å²) >= 11 is 29.2. The molecular weight excluding hydrogens is 863 g/mol. The predicted molar refractivity (Wildman–Crippen MR) is 136 cm³/mol. The third-order valence-corrected chi connectivity index (χ3v) is 12.7. The molecule has 26 heavy (non-hydrogen) atoms. The predicted octanol–water partition coefficient (Wildman–Crippen LogP) is 10.3. The van der Waals surface area contributed by atoms with E-state index in [1.807, 2.05) is 13.8 Å². The molecule has 0 bridgehead atoms. The molecule has 2 nitrogen and oxygen atoms in total. The van der Waals surface area contributed by atoms with Crippen molar-refractivity contribution in [1.29, 1.82) is 0 Å². The maximum Gasteiger partial charge on any atom is 0.143 e. The summed E-state index contributed by atoms with van der Waals surface area (Å²) in [6.07, 6.45) is 0. The van der Waals surface area contributed by atoms with Crippen molar-refractivity contribution in [1.82, 2.24) is 0 Å². The normalized spacial score (nSPS) is 11.0. The quantitative estimate of drug-likeness (QED) is 0.220. The van der Waals surface area contributed by atoms with Gasteiger partial charge < -0.3 is 9.47 Å². The first-order valence-electron chi connectivity index (χ1n) is 7.16. The smallest absolute Gasteiger partial charge is 0.143 e. The molecule has 142 valence electrons. The third-order valence-electron chi connectivity index (χ3n) is 3.28. The van der Waals surface area contributed by atoms with Gasteiger partial charge in [0, 0.05) is 29.0 Å². The largest absolute Gasteiger partial charge is 0.492 e.